The summed E-state index contributed by atoms with van der Waals surface area (Å²) in [5.41, 5.74) is 2.04. The summed E-state index contributed by atoms with van der Waals surface area (Å²) >= 11 is 6.30. The molecule has 1 heterocycles. The van der Waals surface area contributed by atoms with E-state index in [2.05, 4.69) is 31.7 Å². The molecular formula is C23H27ClFN3O. The van der Waals surface area contributed by atoms with E-state index in [9.17, 15) is 9.65 Å². The molecule has 0 aliphatic carbocycles. The monoisotopic (exact) mass is 415 g/mol. The maximum atomic E-state index is 14.4. The van der Waals surface area contributed by atoms with Gasteiger partial charge in [-0.25, -0.2) is 4.39 Å². The fourth-order valence-corrected chi connectivity index (χ4v) is 3.82. The summed E-state index contributed by atoms with van der Waals surface area (Å²) < 4.78 is 14.4. The van der Waals surface area contributed by atoms with Crippen molar-refractivity contribution in [2.24, 2.45) is 5.41 Å². The second-order valence-electron chi connectivity index (χ2n) is 8.65. The number of hydrogen-bond donors (Lipinski definition) is 0. The topological polar surface area (TPSA) is 39.5 Å². The second-order valence-corrected chi connectivity index (χ2v) is 9.06. The number of anilines is 1. The van der Waals surface area contributed by atoms with Crippen LogP contribution in [0, 0.1) is 22.6 Å². The molecule has 2 aromatic carbocycles. The first-order chi connectivity index (χ1) is 13.8. The van der Waals surface area contributed by atoms with Crippen LogP contribution in [0.1, 0.15) is 38.3 Å². The first kappa shape index (κ1) is 21.6. The lowest BCUT2D eigenvalue weighted by Crippen LogP contribution is -2.50. The van der Waals surface area contributed by atoms with Crippen LogP contribution in [-0.4, -0.2) is 30.8 Å². The lowest BCUT2D eigenvalue weighted by molar-refractivity contribution is -0.197. The highest BCUT2D eigenvalue weighted by Crippen LogP contribution is 2.30. The lowest BCUT2D eigenvalue weighted by atomic mass is 9.96. The molecule has 0 radical (unpaired) electrons. The van der Waals surface area contributed by atoms with Gasteiger partial charge in [0.25, 0.3) is 0 Å². The number of nitrogens with zero attached hydrogens (tertiary/aromatic N) is 3. The van der Waals surface area contributed by atoms with Gasteiger partial charge in [0.2, 0.25) is 0 Å². The van der Waals surface area contributed by atoms with Crippen molar-refractivity contribution in [2.75, 3.05) is 24.6 Å². The van der Waals surface area contributed by atoms with Gasteiger partial charge in [-0.15, -0.1) is 0 Å². The fraction of sp³-hybridized carbons (Fsp3) is 0.435. The molecule has 2 aromatic rings. The van der Waals surface area contributed by atoms with Crippen molar-refractivity contribution >= 4 is 17.3 Å². The van der Waals surface area contributed by atoms with Crippen LogP contribution in [0.25, 0.3) is 0 Å². The average Bonchev–Trinajstić information content (AvgIpc) is 2.66. The Bertz CT molecular complexity index is 890. The molecule has 1 saturated heterocycles. The van der Waals surface area contributed by atoms with Crippen LogP contribution in [0.4, 0.5) is 10.1 Å². The quantitative estimate of drug-likeness (QED) is 0.654. The first-order valence-corrected chi connectivity index (χ1v) is 10.2. The highest BCUT2D eigenvalue weighted by Gasteiger charge is 2.29. The zero-order valence-corrected chi connectivity index (χ0v) is 17.9. The molecule has 4 nitrogen and oxygen atoms in total. The molecule has 0 amide bonds. The number of rotatable bonds is 5. The van der Waals surface area contributed by atoms with Crippen molar-refractivity contribution < 1.29 is 9.23 Å². The zero-order valence-electron chi connectivity index (χ0n) is 17.2. The summed E-state index contributed by atoms with van der Waals surface area (Å²) in [5, 5.41) is 11.6. The SMILES string of the molecule is CC(C)(C)CN1C[C@@H](N(Cc2ccccc2F)c2ccc(C#N)c(Cl)c2)CCO1. The van der Waals surface area contributed by atoms with Crippen molar-refractivity contribution in [1.29, 1.82) is 5.26 Å². The van der Waals surface area contributed by atoms with Crippen LogP contribution in [0.5, 0.6) is 0 Å². The summed E-state index contributed by atoms with van der Waals surface area (Å²) in [4.78, 5) is 8.04. The molecule has 0 N–H and O–H groups in total. The van der Waals surface area contributed by atoms with Crippen molar-refractivity contribution in [3.8, 4) is 6.07 Å². The third kappa shape index (κ3) is 5.70. The van der Waals surface area contributed by atoms with Gasteiger partial charge in [-0.05, 0) is 36.1 Å². The van der Waals surface area contributed by atoms with Gasteiger partial charge in [0.1, 0.15) is 11.9 Å². The first-order valence-electron chi connectivity index (χ1n) is 9.84. The molecule has 6 heteroatoms. The van der Waals surface area contributed by atoms with Gasteiger partial charge in [-0.3, -0.25) is 4.84 Å². The third-order valence-corrected chi connectivity index (χ3v) is 5.25. The van der Waals surface area contributed by atoms with Crippen molar-refractivity contribution in [2.45, 2.75) is 39.8 Å². The van der Waals surface area contributed by atoms with E-state index in [4.69, 9.17) is 16.4 Å². The van der Waals surface area contributed by atoms with Gasteiger partial charge in [0, 0.05) is 36.9 Å². The molecule has 29 heavy (non-hydrogen) atoms. The van der Waals surface area contributed by atoms with Crippen LogP contribution < -0.4 is 4.90 Å². The molecule has 0 aromatic heterocycles. The van der Waals surface area contributed by atoms with Crippen molar-refractivity contribution in [3.05, 3.63) is 64.4 Å². The Hall–Kier alpha value is -2.13. The number of benzene rings is 2. The Morgan fingerprint density at radius 2 is 2.03 bits per heavy atom. The third-order valence-electron chi connectivity index (χ3n) is 4.93. The highest BCUT2D eigenvalue weighted by atomic mass is 35.5. The molecule has 1 aliphatic rings. The molecule has 1 aliphatic heterocycles. The molecule has 1 atom stereocenters. The predicted molar refractivity (Wildman–Crippen MR) is 114 cm³/mol. The van der Waals surface area contributed by atoms with Gasteiger partial charge in [-0.1, -0.05) is 50.6 Å². The smallest absolute Gasteiger partial charge is 0.128 e. The minimum atomic E-state index is -0.226. The summed E-state index contributed by atoms with van der Waals surface area (Å²) in [6, 6.07) is 14.5. The average molecular weight is 416 g/mol. The number of hydroxylamine groups is 2. The summed E-state index contributed by atoms with van der Waals surface area (Å²) in [5.74, 6) is -0.226. The minimum absolute atomic E-state index is 0.107. The molecule has 0 spiro atoms. The van der Waals surface area contributed by atoms with Crippen LogP contribution in [-0.2, 0) is 11.4 Å². The van der Waals surface area contributed by atoms with E-state index in [0.29, 0.717) is 35.8 Å². The Labute approximate surface area is 177 Å². The largest absolute Gasteiger partial charge is 0.363 e. The molecule has 0 unspecified atom stereocenters. The molecule has 1 fully saturated rings. The van der Waals surface area contributed by atoms with Gasteiger partial charge < -0.3 is 4.90 Å². The lowest BCUT2D eigenvalue weighted by Gasteiger charge is -2.42. The molecule has 3 rings (SSSR count). The van der Waals surface area contributed by atoms with E-state index < -0.39 is 0 Å². The second kappa shape index (κ2) is 9.13. The Balaban J connectivity index is 1.91. The van der Waals surface area contributed by atoms with Gasteiger partial charge in [0.05, 0.1) is 17.2 Å². The number of hydrogen-bond acceptors (Lipinski definition) is 4. The summed E-state index contributed by atoms with van der Waals surface area (Å²) in [6.07, 6.45) is 0.826. The number of nitriles is 1. The Kier molecular flexibility index (Phi) is 6.79. The molecular weight excluding hydrogens is 389 g/mol. The normalized spacial score (nSPS) is 17.7. The van der Waals surface area contributed by atoms with E-state index in [1.165, 1.54) is 6.07 Å². The zero-order chi connectivity index (χ0) is 21.0. The number of halogens is 2. The van der Waals surface area contributed by atoms with Crippen LogP contribution in [0.15, 0.2) is 42.5 Å². The van der Waals surface area contributed by atoms with E-state index >= 15 is 0 Å². The standard InChI is InChI=1S/C23H27ClFN3O/c1-23(2,3)16-27-15-20(10-11-29-27)28(14-18-6-4-5-7-22(18)25)19-9-8-17(13-26)21(24)12-19/h4-9,12,20H,10-11,14-16H2,1-3H3/t20-/m0/s1. The van der Waals surface area contributed by atoms with Crippen LogP contribution in [0.2, 0.25) is 5.02 Å². The predicted octanol–water partition coefficient (Wildman–Crippen LogP) is 5.41. The minimum Gasteiger partial charge on any atom is -0.363 e. The van der Waals surface area contributed by atoms with Crippen molar-refractivity contribution in [3.63, 3.8) is 0 Å². The maximum Gasteiger partial charge on any atom is 0.128 e. The van der Waals surface area contributed by atoms with Gasteiger partial charge in [0.15, 0.2) is 0 Å². The Morgan fingerprint density at radius 3 is 2.69 bits per heavy atom. The van der Waals surface area contributed by atoms with Gasteiger partial charge in [-0.2, -0.15) is 10.3 Å². The fourth-order valence-electron chi connectivity index (χ4n) is 3.61. The van der Waals surface area contributed by atoms with Crippen LogP contribution in [0.3, 0.4) is 0 Å². The summed E-state index contributed by atoms with van der Waals surface area (Å²) in [7, 11) is 0. The highest BCUT2D eigenvalue weighted by molar-refractivity contribution is 6.32. The Morgan fingerprint density at radius 1 is 1.28 bits per heavy atom. The molecule has 154 valence electrons. The van der Waals surface area contributed by atoms with E-state index in [0.717, 1.165) is 18.7 Å². The van der Waals surface area contributed by atoms with Crippen LogP contribution >= 0.6 is 11.6 Å². The maximum absolute atomic E-state index is 14.4. The van der Waals surface area contributed by atoms with E-state index in [1.54, 1.807) is 24.3 Å². The van der Waals surface area contributed by atoms with Gasteiger partial charge >= 0.3 is 0 Å². The molecule has 0 saturated carbocycles. The van der Waals surface area contributed by atoms with E-state index in [-0.39, 0.29) is 17.3 Å². The molecule has 0 bridgehead atoms. The van der Waals surface area contributed by atoms with Crippen molar-refractivity contribution in [1.82, 2.24) is 5.06 Å². The summed E-state index contributed by atoms with van der Waals surface area (Å²) in [6.45, 7) is 9.09. The van der Waals surface area contributed by atoms with E-state index in [1.807, 2.05) is 17.2 Å².